The van der Waals surface area contributed by atoms with Crippen molar-refractivity contribution >= 4 is 16.7 Å². The van der Waals surface area contributed by atoms with Crippen molar-refractivity contribution in [1.29, 1.82) is 0 Å². The first kappa shape index (κ1) is 13.0. The second-order valence-corrected chi connectivity index (χ2v) is 5.71. The molecule has 2 aromatic carbocycles. The molecule has 104 valence electrons. The minimum atomic E-state index is -0.194. The van der Waals surface area contributed by atoms with E-state index in [0.29, 0.717) is 18.0 Å². The number of aromatic hydroxyl groups is 1. The van der Waals surface area contributed by atoms with Crippen molar-refractivity contribution in [1.82, 2.24) is 5.32 Å². The van der Waals surface area contributed by atoms with E-state index in [1.807, 2.05) is 30.3 Å². The zero-order valence-corrected chi connectivity index (χ0v) is 11.6. The van der Waals surface area contributed by atoms with Crippen LogP contribution in [0.4, 0.5) is 0 Å². The van der Waals surface area contributed by atoms with E-state index in [-0.39, 0.29) is 11.7 Å². The fraction of sp³-hybridized carbons (Fsp3) is 0.353. The number of phenols is 1. The van der Waals surface area contributed by atoms with Crippen LogP contribution >= 0.6 is 0 Å². The van der Waals surface area contributed by atoms with Gasteiger partial charge in [-0.15, -0.1) is 0 Å². The first-order valence-corrected chi connectivity index (χ1v) is 7.15. The largest absolute Gasteiger partial charge is 0.506 e. The Hall–Kier alpha value is -2.03. The van der Waals surface area contributed by atoms with Gasteiger partial charge in [0.25, 0.3) is 5.91 Å². The number of carbonyl (C=O) groups is 1. The Morgan fingerprint density at radius 2 is 2.05 bits per heavy atom. The highest BCUT2D eigenvalue weighted by Gasteiger charge is 2.28. The van der Waals surface area contributed by atoms with Crippen molar-refractivity contribution in [3.8, 4) is 5.75 Å². The SMILES string of the molecule is CC(CNC(=O)c1ccc2ccccc2c1O)C1CC1. The molecule has 3 rings (SSSR count). The molecule has 20 heavy (non-hydrogen) atoms. The number of fused-ring (bicyclic) bond motifs is 1. The van der Waals surface area contributed by atoms with Crippen LogP contribution in [0, 0.1) is 11.8 Å². The average molecular weight is 269 g/mol. The second-order valence-electron chi connectivity index (χ2n) is 5.71. The van der Waals surface area contributed by atoms with Crippen LogP contribution in [0.2, 0.25) is 0 Å². The van der Waals surface area contributed by atoms with E-state index < -0.39 is 0 Å². The van der Waals surface area contributed by atoms with Crippen LogP contribution in [0.3, 0.4) is 0 Å². The first-order chi connectivity index (χ1) is 9.66. The van der Waals surface area contributed by atoms with Crippen LogP contribution in [-0.2, 0) is 0 Å². The normalized spacial score (nSPS) is 16.1. The van der Waals surface area contributed by atoms with Crippen molar-refractivity contribution in [2.24, 2.45) is 11.8 Å². The summed E-state index contributed by atoms with van der Waals surface area (Å²) in [6.07, 6.45) is 2.55. The van der Waals surface area contributed by atoms with Crippen molar-refractivity contribution in [2.45, 2.75) is 19.8 Å². The summed E-state index contributed by atoms with van der Waals surface area (Å²) in [5, 5.41) is 14.8. The summed E-state index contributed by atoms with van der Waals surface area (Å²) < 4.78 is 0. The summed E-state index contributed by atoms with van der Waals surface area (Å²) >= 11 is 0. The Morgan fingerprint density at radius 1 is 1.30 bits per heavy atom. The molecule has 0 bridgehead atoms. The van der Waals surface area contributed by atoms with Gasteiger partial charge >= 0.3 is 0 Å². The van der Waals surface area contributed by atoms with Gasteiger partial charge in [-0.05, 0) is 36.1 Å². The Bertz CT molecular complexity index is 646. The molecule has 2 N–H and O–H groups in total. The monoisotopic (exact) mass is 269 g/mol. The molecule has 0 aliphatic heterocycles. The van der Waals surface area contributed by atoms with Gasteiger partial charge in [0, 0.05) is 11.9 Å². The topological polar surface area (TPSA) is 49.3 Å². The van der Waals surface area contributed by atoms with Crippen LogP contribution in [0.5, 0.6) is 5.75 Å². The zero-order chi connectivity index (χ0) is 14.1. The lowest BCUT2D eigenvalue weighted by Gasteiger charge is -2.13. The molecular weight excluding hydrogens is 250 g/mol. The standard InChI is InChI=1S/C17H19NO2/c1-11(12-6-7-12)10-18-17(20)15-9-8-13-4-2-3-5-14(13)16(15)19/h2-5,8-9,11-12,19H,6-7,10H2,1H3,(H,18,20). The van der Waals surface area contributed by atoms with Gasteiger partial charge in [-0.25, -0.2) is 0 Å². The van der Waals surface area contributed by atoms with Crippen molar-refractivity contribution in [3.05, 3.63) is 42.0 Å². The number of nitrogens with one attached hydrogen (secondary N) is 1. The maximum Gasteiger partial charge on any atom is 0.255 e. The summed E-state index contributed by atoms with van der Waals surface area (Å²) in [4.78, 5) is 12.2. The van der Waals surface area contributed by atoms with Gasteiger partial charge in [0.15, 0.2) is 0 Å². The lowest BCUT2D eigenvalue weighted by atomic mass is 10.0. The zero-order valence-electron chi connectivity index (χ0n) is 11.6. The molecule has 0 spiro atoms. The summed E-state index contributed by atoms with van der Waals surface area (Å²) in [7, 11) is 0. The van der Waals surface area contributed by atoms with E-state index in [1.165, 1.54) is 12.8 Å². The number of carbonyl (C=O) groups excluding carboxylic acids is 1. The van der Waals surface area contributed by atoms with Gasteiger partial charge < -0.3 is 10.4 Å². The predicted molar refractivity (Wildman–Crippen MR) is 79.8 cm³/mol. The van der Waals surface area contributed by atoms with Crippen LogP contribution in [0.1, 0.15) is 30.1 Å². The van der Waals surface area contributed by atoms with E-state index in [2.05, 4.69) is 12.2 Å². The van der Waals surface area contributed by atoms with Crippen LogP contribution in [0.25, 0.3) is 10.8 Å². The molecule has 1 saturated carbocycles. The van der Waals surface area contributed by atoms with Crippen molar-refractivity contribution in [2.75, 3.05) is 6.54 Å². The van der Waals surface area contributed by atoms with Gasteiger partial charge in [0.05, 0.1) is 5.56 Å². The molecule has 2 aromatic rings. The van der Waals surface area contributed by atoms with E-state index in [9.17, 15) is 9.90 Å². The molecule has 0 saturated heterocycles. The second kappa shape index (κ2) is 5.16. The van der Waals surface area contributed by atoms with E-state index in [4.69, 9.17) is 0 Å². The Morgan fingerprint density at radius 3 is 2.80 bits per heavy atom. The summed E-state index contributed by atoms with van der Waals surface area (Å²) in [6, 6.07) is 11.1. The fourth-order valence-electron chi connectivity index (χ4n) is 2.62. The van der Waals surface area contributed by atoms with Gasteiger partial charge in [-0.2, -0.15) is 0 Å². The van der Waals surface area contributed by atoms with Gasteiger partial charge in [-0.1, -0.05) is 37.3 Å². The van der Waals surface area contributed by atoms with Gasteiger partial charge in [-0.3, -0.25) is 4.79 Å². The molecule has 1 aliphatic carbocycles. The molecule has 1 amide bonds. The molecule has 1 unspecified atom stereocenters. The maximum atomic E-state index is 12.2. The lowest BCUT2D eigenvalue weighted by Crippen LogP contribution is -2.29. The van der Waals surface area contributed by atoms with Gasteiger partial charge in [0.2, 0.25) is 0 Å². The molecule has 1 fully saturated rings. The summed E-state index contributed by atoms with van der Waals surface area (Å²) in [5.41, 5.74) is 0.353. The van der Waals surface area contributed by atoms with Crippen molar-refractivity contribution < 1.29 is 9.90 Å². The Kier molecular flexibility index (Phi) is 3.35. The van der Waals surface area contributed by atoms with E-state index in [1.54, 1.807) is 6.07 Å². The number of hydrogen-bond acceptors (Lipinski definition) is 2. The lowest BCUT2D eigenvalue weighted by molar-refractivity contribution is 0.0944. The number of rotatable bonds is 4. The Labute approximate surface area is 118 Å². The molecular formula is C17H19NO2. The minimum absolute atomic E-state index is 0.0691. The molecule has 0 radical (unpaired) electrons. The molecule has 3 heteroatoms. The van der Waals surface area contributed by atoms with Crippen LogP contribution in [0.15, 0.2) is 36.4 Å². The quantitative estimate of drug-likeness (QED) is 0.894. The number of amides is 1. The molecule has 0 aromatic heterocycles. The highest BCUT2D eigenvalue weighted by Crippen LogP contribution is 2.36. The molecule has 0 heterocycles. The summed E-state index contributed by atoms with van der Waals surface area (Å²) in [5.74, 6) is 1.16. The number of phenolic OH excluding ortho intramolecular Hbond substituents is 1. The predicted octanol–water partition coefficient (Wildman–Crippen LogP) is 3.32. The highest BCUT2D eigenvalue weighted by atomic mass is 16.3. The minimum Gasteiger partial charge on any atom is -0.506 e. The smallest absolute Gasteiger partial charge is 0.255 e. The Balaban J connectivity index is 1.78. The molecule has 1 aliphatic rings. The van der Waals surface area contributed by atoms with Crippen LogP contribution < -0.4 is 5.32 Å². The maximum absolute atomic E-state index is 12.2. The third-order valence-corrected chi connectivity index (χ3v) is 4.16. The summed E-state index contributed by atoms with van der Waals surface area (Å²) in [6.45, 7) is 2.84. The third-order valence-electron chi connectivity index (χ3n) is 4.16. The highest BCUT2D eigenvalue weighted by molar-refractivity contribution is 6.03. The number of hydrogen-bond donors (Lipinski definition) is 2. The number of benzene rings is 2. The molecule has 3 nitrogen and oxygen atoms in total. The van der Waals surface area contributed by atoms with Crippen LogP contribution in [-0.4, -0.2) is 17.6 Å². The van der Waals surface area contributed by atoms with E-state index >= 15 is 0 Å². The fourth-order valence-corrected chi connectivity index (χ4v) is 2.62. The van der Waals surface area contributed by atoms with Crippen molar-refractivity contribution in [3.63, 3.8) is 0 Å². The van der Waals surface area contributed by atoms with E-state index in [0.717, 1.165) is 16.7 Å². The third kappa shape index (κ3) is 2.48. The average Bonchev–Trinajstić information content (AvgIpc) is 3.30. The van der Waals surface area contributed by atoms with Gasteiger partial charge in [0.1, 0.15) is 5.75 Å². The molecule has 1 atom stereocenters. The first-order valence-electron chi connectivity index (χ1n) is 7.15.